The zero-order valence-corrected chi connectivity index (χ0v) is 16.5. The zero-order chi connectivity index (χ0) is 19.9. The Morgan fingerprint density at radius 2 is 1.15 bits per heavy atom. The SMILES string of the molecule is CC[N+](CC(C)(C)C)(c1ccc(O)c(C)c1O)c1ccc(O)c(C)c1O. The van der Waals surface area contributed by atoms with Crippen molar-refractivity contribution in [2.75, 3.05) is 13.1 Å². The van der Waals surface area contributed by atoms with Gasteiger partial charge < -0.3 is 20.4 Å². The highest BCUT2D eigenvalue weighted by atomic mass is 16.3. The molecule has 26 heavy (non-hydrogen) atoms. The molecule has 0 amide bonds. The minimum absolute atomic E-state index is 0.0150. The molecular formula is C21H30NO4+. The van der Waals surface area contributed by atoms with Crippen LogP contribution in [0.3, 0.4) is 0 Å². The Kier molecular flexibility index (Phi) is 5.15. The van der Waals surface area contributed by atoms with Gasteiger partial charge in [-0.05, 0) is 32.9 Å². The van der Waals surface area contributed by atoms with Crippen LogP contribution in [0.25, 0.3) is 0 Å². The molecule has 0 aliphatic heterocycles. The van der Waals surface area contributed by atoms with E-state index in [1.807, 2.05) is 6.92 Å². The van der Waals surface area contributed by atoms with Crippen LogP contribution in [0.4, 0.5) is 11.4 Å². The monoisotopic (exact) mass is 360 g/mol. The minimum Gasteiger partial charge on any atom is -0.508 e. The molecule has 0 bridgehead atoms. The predicted molar refractivity (Wildman–Crippen MR) is 105 cm³/mol. The molecule has 0 saturated heterocycles. The second-order valence-electron chi connectivity index (χ2n) is 8.16. The molecule has 0 aromatic heterocycles. The highest BCUT2D eigenvalue weighted by molar-refractivity contribution is 5.73. The molecule has 0 spiro atoms. The average Bonchev–Trinajstić information content (AvgIpc) is 2.55. The molecule has 0 unspecified atom stereocenters. The first-order valence-corrected chi connectivity index (χ1v) is 8.86. The number of hydrogen-bond acceptors (Lipinski definition) is 4. The number of phenols is 4. The Morgan fingerprint density at radius 3 is 1.46 bits per heavy atom. The average molecular weight is 360 g/mol. The second kappa shape index (κ2) is 6.72. The van der Waals surface area contributed by atoms with Gasteiger partial charge in [-0.15, -0.1) is 0 Å². The fourth-order valence-electron chi connectivity index (χ4n) is 3.60. The molecule has 0 aliphatic carbocycles. The Balaban J connectivity index is 2.89. The van der Waals surface area contributed by atoms with Gasteiger partial charge in [0.25, 0.3) is 0 Å². The molecule has 5 nitrogen and oxygen atoms in total. The van der Waals surface area contributed by atoms with E-state index in [0.717, 1.165) is 0 Å². The molecule has 0 aliphatic rings. The number of benzene rings is 2. The fourth-order valence-corrected chi connectivity index (χ4v) is 3.60. The normalized spacial score (nSPS) is 12.4. The number of aromatic hydroxyl groups is 4. The topological polar surface area (TPSA) is 80.9 Å². The molecule has 2 aromatic carbocycles. The van der Waals surface area contributed by atoms with Gasteiger partial charge in [0, 0.05) is 28.7 Å². The Morgan fingerprint density at radius 1 is 0.769 bits per heavy atom. The Hall–Kier alpha value is -2.40. The molecule has 0 radical (unpaired) electrons. The molecule has 2 aromatic rings. The van der Waals surface area contributed by atoms with E-state index in [-0.39, 0.29) is 32.9 Å². The third kappa shape index (κ3) is 3.31. The van der Waals surface area contributed by atoms with E-state index in [2.05, 4.69) is 20.8 Å². The van der Waals surface area contributed by atoms with Gasteiger partial charge in [-0.3, -0.25) is 4.48 Å². The van der Waals surface area contributed by atoms with E-state index in [1.54, 1.807) is 38.1 Å². The van der Waals surface area contributed by atoms with Gasteiger partial charge >= 0.3 is 0 Å². The van der Waals surface area contributed by atoms with Gasteiger partial charge in [-0.2, -0.15) is 0 Å². The summed E-state index contributed by atoms with van der Waals surface area (Å²) in [5, 5.41) is 41.5. The Labute approximate surface area is 155 Å². The van der Waals surface area contributed by atoms with Crippen LogP contribution in [0, 0.1) is 19.3 Å². The van der Waals surface area contributed by atoms with E-state index >= 15 is 0 Å². The Bertz CT molecular complexity index is 764. The summed E-state index contributed by atoms with van der Waals surface area (Å²) in [6, 6.07) is 6.54. The van der Waals surface area contributed by atoms with E-state index in [1.165, 1.54) is 0 Å². The van der Waals surface area contributed by atoms with Gasteiger partial charge in [0.1, 0.15) is 11.5 Å². The standard InChI is InChI=1S/C21H29NO4/c1-7-22(12-21(4,5)6,15-8-10-17(23)13(2)19(15)25)16-9-11-18(24)14(3)20(16)26/h8-11H,7,12H2,1-6H3,(H3-,23,24,25,26)/p+1. The van der Waals surface area contributed by atoms with Crippen LogP contribution in [0.15, 0.2) is 24.3 Å². The van der Waals surface area contributed by atoms with Crippen LogP contribution in [0.2, 0.25) is 0 Å². The van der Waals surface area contributed by atoms with Crippen LogP contribution >= 0.6 is 0 Å². The molecule has 0 heterocycles. The molecule has 142 valence electrons. The van der Waals surface area contributed by atoms with E-state index < -0.39 is 0 Å². The van der Waals surface area contributed by atoms with Crippen molar-refractivity contribution >= 4 is 11.4 Å². The second-order valence-corrected chi connectivity index (χ2v) is 8.16. The number of phenolic OH excluding ortho intramolecular Hbond substituents is 4. The summed E-state index contributed by atoms with van der Waals surface area (Å²) < 4.78 is 0.198. The van der Waals surface area contributed by atoms with E-state index in [4.69, 9.17) is 0 Å². The minimum atomic E-state index is -0.119. The summed E-state index contributed by atoms with van der Waals surface area (Å²) in [4.78, 5) is 0. The first-order chi connectivity index (χ1) is 11.9. The van der Waals surface area contributed by atoms with Crippen molar-refractivity contribution in [3.8, 4) is 23.0 Å². The third-order valence-electron chi connectivity index (χ3n) is 4.97. The van der Waals surface area contributed by atoms with Crippen LogP contribution < -0.4 is 4.48 Å². The van der Waals surface area contributed by atoms with E-state index in [9.17, 15) is 20.4 Å². The zero-order valence-electron chi connectivity index (χ0n) is 16.5. The van der Waals surface area contributed by atoms with Gasteiger partial charge in [0.2, 0.25) is 0 Å². The lowest BCUT2D eigenvalue weighted by Crippen LogP contribution is -2.49. The van der Waals surface area contributed by atoms with Crippen LogP contribution in [0.1, 0.15) is 38.8 Å². The first-order valence-electron chi connectivity index (χ1n) is 8.86. The molecule has 4 N–H and O–H groups in total. The lowest BCUT2D eigenvalue weighted by atomic mass is 9.92. The first kappa shape index (κ1) is 19.9. The lowest BCUT2D eigenvalue weighted by Gasteiger charge is -2.42. The van der Waals surface area contributed by atoms with Gasteiger partial charge in [0.15, 0.2) is 22.9 Å². The summed E-state index contributed by atoms with van der Waals surface area (Å²) in [5.74, 6) is 0.0899. The summed E-state index contributed by atoms with van der Waals surface area (Å²) in [5.41, 5.74) is 1.91. The van der Waals surface area contributed by atoms with Gasteiger partial charge in [0.05, 0.1) is 13.1 Å². The maximum absolute atomic E-state index is 10.8. The van der Waals surface area contributed by atoms with Crippen molar-refractivity contribution in [1.29, 1.82) is 0 Å². The van der Waals surface area contributed by atoms with Crippen molar-refractivity contribution < 1.29 is 20.4 Å². The molecule has 0 fully saturated rings. The quantitative estimate of drug-likeness (QED) is 0.589. The number of hydrogen-bond donors (Lipinski definition) is 4. The highest BCUT2D eigenvalue weighted by Crippen LogP contribution is 2.50. The van der Waals surface area contributed by atoms with Crippen molar-refractivity contribution in [2.45, 2.75) is 41.5 Å². The van der Waals surface area contributed by atoms with Gasteiger partial charge in [-0.1, -0.05) is 20.8 Å². The molecule has 2 rings (SSSR count). The summed E-state index contributed by atoms with van der Waals surface area (Å²) in [6.45, 7) is 12.8. The molecule has 5 heteroatoms. The van der Waals surface area contributed by atoms with Crippen LogP contribution in [0.5, 0.6) is 23.0 Å². The maximum Gasteiger partial charge on any atom is 0.184 e. The summed E-state index contributed by atoms with van der Waals surface area (Å²) in [6.07, 6.45) is 0. The van der Waals surface area contributed by atoms with Crippen molar-refractivity contribution in [1.82, 2.24) is 4.48 Å². The third-order valence-corrected chi connectivity index (χ3v) is 4.97. The van der Waals surface area contributed by atoms with Crippen molar-refractivity contribution in [2.24, 2.45) is 5.41 Å². The fraction of sp³-hybridized carbons (Fsp3) is 0.429. The molecular weight excluding hydrogens is 330 g/mol. The maximum atomic E-state index is 10.8. The molecule has 0 atom stereocenters. The summed E-state index contributed by atoms with van der Waals surface area (Å²) >= 11 is 0. The summed E-state index contributed by atoms with van der Waals surface area (Å²) in [7, 11) is 0. The molecule has 0 saturated carbocycles. The van der Waals surface area contributed by atoms with Crippen LogP contribution in [-0.4, -0.2) is 33.5 Å². The predicted octanol–water partition coefficient (Wildman–Crippen LogP) is 4.83. The number of rotatable bonds is 4. The largest absolute Gasteiger partial charge is 0.508 e. The number of quaternary nitrogens is 1. The number of nitrogens with zero attached hydrogens (tertiary/aromatic N) is 1. The van der Waals surface area contributed by atoms with Crippen molar-refractivity contribution in [3.63, 3.8) is 0 Å². The van der Waals surface area contributed by atoms with Crippen molar-refractivity contribution in [3.05, 3.63) is 35.4 Å². The van der Waals surface area contributed by atoms with Crippen LogP contribution in [-0.2, 0) is 0 Å². The highest BCUT2D eigenvalue weighted by Gasteiger charge is 2.41. The van der Waals surface area contributed by atoms with E-state index in [0.29, 0.717) is 35.6 Å². The smallest absolute Gasteiger partial charge is 0.184 e. The lowest BCUT2D eigenvalue weighted by molar-refractivity contribution is 0.255. The van der Waals surface area contributed by atoms with Gasteiger partial charge in [-0.25, -0.2) is 0 Å².